The largest absolute Gasteiger partial charge is 1.00 e. The van der Waals surface area contributed by atoms with E-state index in [9.17, 15) is 0 Å². The number of halogens is 3. The molecule has 3 aromatic carbocycles. The molecule has 0 heterocycles. The summed E-state index contributed by atoms with van der Waals surface area (Å²) in [5.74, 6) is 0. The van der Waals surface area contributed by atoms with E-state index >= 15 is 0 Å². The van der Waals surface area contributed by atoms with Crippen molar-refractivity contribution in [3.8, 4) is 0 Å². The van der Waals surface area contributed by atoms with Gasteiger partial charge in [-0.3, -0.25) is 0 Å². The zero-order valence-electron chi connectivity index (χ0n) is 38.0. The molecule has 1 aliphatic rings. The molecule has 0 spiro atoms. The number of hydrogen-bond donors (Lipinski definition) is 0. The molecule has 0 aliphatic heterocycles. The average Bonchev–Trinajstić information content (AvgIpc) is 3.35. The second-order valence-corrected chi connectivity index (χ2v) is 28.3. The Morgan fingerprint density at radius 3 is 0.873 bits per heavy atom. The predicted octanol–water partition coefficient (Wildman–Crippen LogP) is 3.49. The Morgan fingerprint density at radius 2 is 0.673 bits per heavy atom. The van der Waals surface area contributed by atoms with E-state index in [0.717, 1.165) is 12.8 Å². The molecule has 302 valence electrons. The molecule has 0 saturated heterocycles. The van der Waals surface area contributed by atoms with Crippen molar-refractivity contribution in [2.75, 3.05) is 0 Å². The maximum absolute atomic E-state index is 3.03. The first kappa shape index (κ1) is 52.0. The van der Waals surface area contributed by atoms with Crippen molar-refractivity contribution in [2.24, 2.45) is 0 Å². The van der Waals surface area contributed by atoms with Crippen LogP contribution in [0.2, 0.25) is 3.34 Å². The topological polar surface area (TPSA) is 0 Å². The van der Waals surface area contributed by atoms with Crippen LogP contribution < -0.4 is 52.8 Å². The molecule has 0 N–H and O–H groups in total. The molecule has 55 heavy (non-hydrogen) atoms. The number of rotatable bonds is 6. The summed E-state index contributed by atoms with van der Waals surface area (Å²) in [6.07, 6.45) is 9.75. The minimum atomic E-state index is -3.03. The van der Waals surface area contributed by atoms with E-state index in [1.807, 2.05) is 0 Å². The van der Waals surface area contributed by atoms with Gasteiger partial charge in [-0.05, 0) is 0 Å². The molecule has 0 amide bonds. The van der Waals surface area contributed by atoms with E-state index in [0.29, 0.717) is 0 Å². The maximum Gasteiger partial charge on any atom is -1.00 e. The van der Waals surface area contributed by atoms with Crippen molar-refractivity contribution >= 4 is 23.6 Å². The minimum Gasteiger partial charge on any atom is -1.00 e. The molecule has 0 aromatic heterocycles. The molecular formula is C50H73Cl3SiTi. The average molecular weight is 856 g/mol. The fraction of sp³-hybridized carbons (Fsp3) is 0.560. The Bertz CT molecular complexity index is 1580. The van der Waals surface area contributed by atoms with Crippen LogP contribution >= 0.6 is 0 Å². The fourth-order valence-corrected chi connectivity index (χ4v) is 15.9. The third-order valence-electron chi connectivity index (χ3n) is 11.6. The second-order valence-electron chi connectivity index (χ2n) is 22.3. The van der Waals surface area contributed by atoms with Crippen LogP contribution in [0.5, 0.6) is 0 Å². The van der Waals surface area contributed by atoms with E-state index in [1.54, 1.807) is 5.57 Å². The molecule has 3 aromatic rings. The smallest absolute Gasteiger partial charge is 1.00 e. The molecule has 1 unspecified atom stereocenters. The van der Waals surface area contributed by atoms with Crippen LogP contribution in [0.1, 0.15) is 178 Å². The van der Waals surface area contributed by atoms with E-state index < -0.39 is 8.07 Å². The van der Waals surface area contributed by atoms with Gasteiger partial charge in [0.2, 0.25) is 0 Å². The molecule has 0 nitrogen and oxygen atoms in total. The molecule has 0 fully saturated rings. The van der Waals surface area contributed by atoms with Gasteiger partial charge in [-0.15, -0.1) is 0 Å². The van der Waals surface area contributed by atoms with Crippen molar-refractivity contribution < 1.29 is 57.7 Å². The Morgan fingerprint density at radius 1 is 0.436 bits per heavy atom. The summed E-state index contributed by atoms with van der Waals surface area (Å²) >= 11 is 2.63. The van der Waals surface area contributed by atoms with Crippen LogP contribution in [0.15, 0.2) is 78.4 Å². The summed E-state index contributed by atoms with van der Waals surface area (Å²) in [6, 6.07) is 23.6. The first-order valence-electron chi connectivity index (χ1n) is 20.0. The number of allylic oxidation sites excluding steroid dienone is 4. The predicted molar refractivity (Wildman–Crippen MR) is 231 cm³/mol. The van der Waals surface area contributed by atoms with Gasteiger partial charge >= 0.3 is 336 Å². The van der Waals surface area contributed by atoms with Gasteiger partial charge < -0.3 is 37.2 Å². The standard InChI is InChI=1S/C50H73Si.3ClH.Ti/c1-20-22-34-23-21-24-44(34)51(41-28-35(45(2,3)4)25-36(29-41)46(5,6)7,42-30-37(47(8,9)10)26-38(31-42)48(11,12)13)43-32-39(49(14,15)16)27-40(33-43)50(17,18)19;;;;/h21,23-33H,20,22H2,1-19H3;3*1H;/q;;;;+3/p-3. The quantitative estimate of drug-likeness (QED) is 0.264. The molecule has 0 saturated carbocycles. The zero-order valence-corrected chi connectivity index (χ0v) is 42.8. The molecule has 1 aliphatic carbocycles. The summed E-state index contributed by atoms with van der Waals surface area (Å²) in [5.41, 5.74) is 10.2. The Balaban J connectivity index is 0.00000504. The summed E-state index contributed by atoms with van der Waals surface area (Å²) in [5, 5.41) is 4.62. The Labute approximate surface area is 370 Å². The minimum absolute atomic E-state index is 0. The Kier molecular flexibility index (Phi) is 16.3. The Hall–Kier alpha value is -1.06. The van der Waals surface area contributed by atoms with Crippen LogP contribution in [0.4, 0.5) is 0 Å². The van der Waals surface area contributed by atoms with Crippen molar-refractivity contribution in [3.63, 3.8) is 0 Å². The van der Waals surface area contributed by atoms with Crippen molar-refractivity contribution in [1.82, 2.24) is 0 Å². The summed E-state index contributed by atoms with van der Waals surface area (Å²) in [4.78, 5) is 0. The summed E-state index contributed by atoms with van der Waals surface area (Å²) < 4.78 is -0.188. The SMILES string of the molecule is CCCC1=CC=C[C]1([Ti+3])[Si](c1cc(C(C)(C)C)cc(C(C)(C)C)c1)(c1cc(C(C)(C)C)cc(C(C)(C)C)c1)c1cc(C(C)(C)C)cc(C(C)(C)C)c1.[Cl-].[Cl-].[Cl-]. The van der Waals surface area contributed by atoms with Crippen LogP contribution in [-0.4, -0.2) is 8.07 Å². The van der Waals surface area contributed by atoms with E-state index in [2.05, 4.69) is 225 Å². The van der Waals surface area contributed by atoms with Crippen LogP contribution in [0.25, 0.3) is 0 Å². The second kappa shape index (κ2) is 17.3. The molecular weight excluding hydrogens is 783 g/mol. The van der Waals surface area contributed by atoms with Crippen molar-refractivity contribution in [3.05, 3.63) is 112 Å². The monoisotopic (exact) mass is 854 g/mol. The van der Waals surface area contributed by atoms with Gasteiger partial charge in [-0.1, -0.05) is 0 Å². The van der Waals surface area contributed by atoms with Crippen molar-refractivity contribution in [1.29, 1.82) is 0 Å². The first-order valence-corrected chi connectivity index (χ1v) is 22.8. The molecule has 0 bridgehead atoms. The van der Waals surface area contributed by atoms with Crippen LogP contribution in [-0.2, 0) is 52.9 Å². The molecule has 4 rings (SSSR count). The number of benzene rings is 3. The van der Waals surface area contributed by atoms with Gasteiger partial charge in [0.25, 0.3) is 0 Å². The van der Waals surface area contributed by atoms with Gasteiger partial charge in [0.1, 0.15) is 0 Å². The van der Waals surface area contributed by atoms with Crippen molar-refractivity contribution in [2.45, 2.75) is 180 Å². The van der Waals surface area contributed by atoms with E-state index in [-0.39, 0.29) is 73.1 Å². The summed E-state index contributed by atoms with van der Waals surface area (Å²) in [6.45, 7) is 45.6. The van der Waals surface area contributed by atoms with Gasteiger partial charge in [-0.25, -0.2) is 0 Å². The van der Waals surface area contributed by atoms with Crippen LogP contribution in [0, 0.1) is 0 Å². The maximum atomic E-state index is 2.67. The van der Waals surface area contributed by atoms with Gasteiger partial charge in [-0.2, -0.15) is 0 Å². The zero-order chi connectivity index (χ0) is 39.7. The van der Waals surface area contributed by atoms with E-state index in [1.165, 1.54) is 48.9 Å². The third kappa shape index (κ3) is 10.6. The molecule has 0 radical (unpaired) electrons. The fourth-order valence-electron chi connectivity index (χ4n) is 7.78. The van der Waals surface area contributed by atoms with Crippen LogP contribution in [0.3, 0.4) is 0 Å². The third-order valence-corrected chi connectivity index (χ3v) is 19.2. The normalized spacial score (nSPS) is 16.9. The summed E-state index contributed by atoms with van der Waals surface area (Å²) in [7, 11) is -3.03. The molecule has 1 atom stereocenters. The first-order chi connectivity index (χ1) is 23.4. The van der Waals surface area contributed by atoms with Gasteiger partial charge in [0.15, 0.2) is 0 Å². The molecule has 5 heteroatoms. The van der Waals surface area contributed by atoms with Gasteiger partial charge in [0.05, 0.1) is 0 Å². The van der Waals surface area contributed by atoms with E-state index in [4.69, 9.17) is 0 Å². The number of hydrogen-bond acceptors (Lipinski definition) is 0. The van der Waals surface area contributed by atoms with Gasteiger partial charge in [0, 0.05) is 0 Å².